The lowest BCUT2D eigenvalue weighted by atomic mass is 10.3. The Morgan fingerprint density at radius 1 is 1.57 bits per heavy atom. The van der Waals surface area contributed by atoms with E-state index in [1.807, 2.05) is 0 Å². The molecule has 2 unspecified atom stereocenters. The van der Waals surface area contributed by atoms with Gasteiger partial charge in [0, 0.05) is 6.26 Å². The van der Waals surface area contributed by atoms with Gasteiger partial charge in [0.05, 0.1) is 17.9 Å². The first-order chi connectivity index (χ1) is 6.41. The second-order valence-electron chi connectivity index (χ2n) is 3.22. The van der Waals surface area contributed by atoms with E-state index in [4.69, 9.17) is 0 Å². The zero-order valence-electron chi connectivity index (χ0n) is 8.03. The third-order valence-corrected chi connectivity index (χ3v) is 3.72. The molecular weight excluding hydrogens is 206 g/mol. The molecule has 0 aliphatic heterocycles. The minimum atomic E-state index is -3.22. The standard InChI is InChI=1S/C7H13N3O3S/c1-6(14(2,12)13)7(11)3-10-5-8-4-9-10/h4-7,11H,3H2,1-2H3. The van der Waals surface area contributed by atoms with E-state index in [0.717, 1.165) is 6.26 Å². The Balaban J connectivity index is 2.63. The molecular formula is C7H13N3O3S. The number of rotatable bonds is 4. The van der Waals surface area contributed by atoms with Crippen molar-refractivity contribution in [3.05, 3.63) is 12.7 Å². The molecule has 0 bridgehead atoms. The topological polar surface area (TPSA) is 85.1 Å². The van der Waals surface area contributed by atoms with Gasteiger partial charge in [-0.15, -0.1) is 0 Å². The van der Waals surface area contributed by atoms with Gasteiger partial charge in [-0.25, -0.2) is 13.4 Å². The largest absolute Gasteiger partial charge is 0.390 e. The van der Waals surface area contributed by atoms with Gasteiger partial charge >= 0.3 is 0 Å². The molecule has 0 saturated carbocycles. The average Bonchev–Trinajstić information content (AvgIpc) is 2.53. The summed E-state index contributed by atoms with van der Waals surface area (Å²) in [4.78, 5) is 3.69. The van der Waals surface area contributed by atoms with E-state index in [-0.39, 0.29) is 6.54 Å². The zero-order chi connectivity index (χ0) is 10.8. The van der Waals surface area contributed by atoms with Crippen LogP contribution in [0.3, 0.4) is 0 Å². The quantitative estimate of drug-likeness (QED) is 0.707. The van der Waals surface area contributed by atoms with Crippen LogP contribution in [-0.4, -0.2) is 45.9 Å². The third-order valence-electron chi connectivity index (χ3n) is 2.06. The normalized spacial score (nSPS) is 16.5. The van der Waals surface area contributed by atoms with Crippen LogP contribution in [0, 0.1) is 0 Å². The van der Waals surface area contributed by atoms with Crippen molar-refractivity contribution < 1.29 is 13.5 Å². The van der Waals surface area contributed by atoms with Crippen LogP contribution in [0.4, 0.5) is 0 Å². The Morgan fingerprint density at radius 3 is 2.64 bits per heavy atom. The van der Waals surface area contributed by atoms with E-state index in [0.29, 0.717) is 0 Å². The molecule has 2 atom stereocenters. The smallest absolute Gasteiger partial charge is 0.152 e. The summed E-state index contributed by atoms with van der Waals surface area (Å²) in [6.45, 7) is 1.60. The second-order valence-corrected chi connectivity index (χ2v) is 5.62. The molecule has 0 saturated heterocycles. The summed E-state index contributed by atoms with van der Waals surface area (Å²) in [5, 5.41) is 12.5. The highest BCUT2D eigenvalue weighted by Crippen LogP contribution is 2.05. The molecule has 7 heteroatoms. The Hall–Kier alpha value is -0.950. The Kier molecular flexibility index (Phi) is 3.22. The van der Waals surface area contributed by atoms with E-state index in [1.54, 1.807) is 0 Å². The summed E-state index contributed by atoms with van der Waals surface area (Å²) in [5.41, 5.74) is 0. The predicted molar refractivity (Wildman–Crippen MR) is 50.3 cm³/mol. The first-order valence-corrected chi connectivity index (χ1v) is 6.06. The number of aliphatic hydroxyl groups is 1. The first kappa shape index (κ1) is 11.1. The lowest BCUT2D eigenvalue weighted by Crippen LogP contribution is -2.34. The Morgan fingerprint density at radius 2 is 2.21 bits per heavy atom. The van der Waals surface area contributed by atoms with Gasteiger partial charge in [0.25, 0.3) is 0 Å². The maximum absolute atomic E-state index is 11.1. The minimum Gasteiger partial charge on any atom is -0.390 e. The number of aromatic nitrogens is 3. The lowest BCUT2D eigenvalue weighted by molar-refractivity contribution is 0.147. The molecule has 0 aliphatic rings. The van der Waals surface area contributed by atoms with Gasteiger partial charge in [-0.2, -0.15) is 5.10 Å². The van der Waals surface area contributed by atoms with Crippen molar-refractivity contribution in [3.8, 4) is 0 Å². The van der Waals surface area contributed by atoms with Crippen molar-refractivity contribution in [2.24, 2.45) is 0 Å². The van der Waals surface area contributed by atoms with Crippen molar-refractivity contribution in [2.75, 3.05) is 6.26 Å². The fourth-order valence-corrected chi connectivity index (χ4v) is 1.61. The van der Waals surface area contributed by atoms with Crippen LogP contribution in [-0.2, 0) is 16.4 Å². The van der Waals surface area contributed by atoms with Crippen LogP contribution in [0.15, 0.2) is 12.7 Å². The van der Waals surface area contributed by atoms with E-state index >= 15 is 0 Å². The average molecular weight is 219 g/mol. The van der Waals surface area contributed by atoms with Crippen molar-refractivity contribution in [2.45, 2.75) is 24.8 Å². The second kappa shape index (κ2) is 4.05. The summed E-state index contributed by atoms with van der Waals surface area (Å²) in [6, 6.07) is 0. The molecule has 0 aliphatic carbocycles. The predicted octanol–water partition coefficient (Wildman–Crippen LogP) is -0.928. The molecule has 14 heavy (non-hydrogen) atoms. The van der Waals surface area contributed by atoms with Crippen molar-refractivity contribution in [3.63, 3.8) is 0 Å². The highest BCUT2D eigenvalue weighted by atomic mass is 32.2. The van der Waals surface area contributed by atoms with Crippen molar-refractivity contribution in [1.29, 1.82) is 0 Å². The van der Waals surface area contributed by atoms with Crippen LogP contribution >= 0.6 is 0 Å². The molecule has 1 N–H and O–H groups in total. The van der Waals surface area contributed by atoms with E-state index in [1.165, 1.54) is 24.3 Å². The van der Waals surface area contributed by atoms with E-state index in [2.05, 4.69) is 10.1 Å². The fraction of sp³-hybridized carbons (Fsp3) is 0.714. The lowest BCUT2D eigenvalue weighted by Gasteiger charge is -2.16. The molecule has 0 amide bonds. The molecule has 6 nitrogen and oxygen atoms in total. The molecule has 0 aromatic carbocycles. The third kappa shape index (κ3) is 2.78. The first-order valence-electron chi connectivity index (χ1n) is 4.10. The van der Waals surface area contributed by atoms with Gasteiger partial charge in [0.2, 0.25) is 0 Å². The molecule has 1 heterocycles. The number of sulfone groups is 1. The summed E-state index contributed by atoms with van der Waals surface area (Å²) >= 11 is 0. The van der Waals surface area contributed by atoms with Gasteiger partial charge < -0.3 is 5.11 Å². The number of hydrogen-bond acceptors (Lipinski definition) is 5. The van der Waals surface area contributed by atoms with Gasteiger partial charge in [-0.1, -0.05) is 0 Å². The molecule has 0 radical (unpaired) electrons. The van der Waals surface area contributed by atoms with Crippen molar-refractivity contribution in [1.82, 2.24) is 14.8 Å². The van der Waals surface area contributed by atoms with Crippen molar-refractivity contribution >= 4 is 9.84 Å². The van der Waals surface area contributed by atoms with Gasteiger partial charge in [0.15, 0.2) is 9.84 Å². The van der Waals surface area contributed by atoms with Crippen LogP contribution in [0.1, 0.15) is 6.92 Å². The zero-order valence-corrected chi connectivity index (χ0v) is 8.85. The maximum Gasteiger partial charge on any atom is 0.152 e. The Bertz CT molecular complexity index is 373. The molecule has 1 aromatic heterocycles. The maximum atomic E-state index is 11.1. The summed E-state index contributed by atoms with van der Waals surface area (Å²) in [7, 11) is -3.22. The van der Waals surface area contributed by atoms with Crippen LogP contribution in [0.5, 0.6) is 0 Å². The van der Waals surface area contributed by atoms with Crippen LogP contribution in [0.2, 0.25) is 0 Å². The number of nitrogens with zero attached hydrogens (tertiary/aromatic N) is 3. The fourth-order valence-electron chi connectivity index (χ4n) is 0.952. The van der Waals surface area contributed by atoms with Crippen LogP contribution < -0.4 is 0 Å². The van der Waals surface area contributed by atoms with Gasteiger partial charge in [0.1, 0.15) is 12.7 Å². The molecule has 1 aromatic rings. The summed E-state index contributed by atoms with van der Waals surface area (Å²) < 4.78 is 23.6. The Labute approximate surface area is 82.5 Å². The van der Waals surface area contributed by atoms with Gasteiger partial charge in [-0.3, -0.25) is 4.68 Å². The van der Waals surface area contributed by atoms with Crippen LogP contribution in [0.25, 0.3) is 0 Å². The molecule has 0 spiro atoms. The number of aliphatic hydroxyl groups excluding tert-OH is 1. The monoisotopic (exact) mass is 219 g/mol. The van der Waals surface area contributed by atoms with E-state index in [9.17, 15) is 13.5 Å². The SMILES string of the molecule is CC(C(O)Cn1cncn1)S(C)(=O)=O. The molecule has 80 valence electrons. The number of hydrogen-bond donors (Lipinski definition) is 1. The summed E-state index contributed by atoms with van der Waals surface area (Å²) in [6.07, 6.45) is 2.89. The molecule has 0 fully saturated rings. The van der Waals surface area contributed by atoms with E-state index < -0.39 is 21.2 Å². The highest BCUT2D eigenvalue weighted by molar-refractivity contribution is 7.91. The molecule has 1 rings (SSSR count). The minimum absolute atomic E-state index is 0.133. The highest BCUT2D eigenvalue weighted by Gasteiger charge is 2.24. The van der Waals surface area contributed by atoms with Gasteiger partial charge in [-0.05, 0) is 6.92 Å². The summed E-state index contributed by atoms with van der Waals surface area (Å²) in [5.74, 6) is 0.